The minimum atomic E-state index is -0.303. The SMILES string of the molecule is Cc1cc(C)cc(NC(=O)c2ccc(-n3cncn3)nn2)c1. The van der Waals surface area contributed by atoms with Crippen LogP contribution in [0.15, 0.2) is 43.0 Å². The number of hydrogen-bond acceptors (Lipinski definition) is 5. The van der Waals surface area contributed by atoms with Crippen LogP contribution in [-0.4, -0.2) is 30.9 Å². The molecule has 22 heavy (non-hydrogen) atoms. The monoisotopic (exact) mass is 294 g/mol. The van der Waals surface area contributed by atoms with E-state index in [-0.39, 0.29) is 11.6 Å². The highest BCUT2D eigenvalue weighted by Gasteiger charge is 2.10. The van der Waals surface area contributed by atoms with Crippen molar-refractivity contribution in [3.63, 3.8) is 0 Å². The summed E-state index contributed by atoms with van der Waals surface area (Å²) < 4.78 is 1.47. The van der Waals surface area contributed by atoms with Crippen molar-refractivity contribution in [3.8, 4) is 5.82 Å². The predicted molar refractivity (Wildman–Crippen MR) is 80.8 cm³/mol. The Balaban J connectivity index is 1.77. The summed E-state index contributed by atoms with van der Waals surface area (Å²) in [5.74, 6) is 0.197. The van der Waals surface area contributed by atoms with Crippen molar-refractivity contribution in [1.29, 1.82) is 0 Å². The molecule has 0 atom stereocenters. The summed E-state index contributed by atoms with van der Waals surface area (Å²) in [5, 5.41) is 14.7. The van der Waals surface area contributed by atoms with Crippen molar-refractivity contribution in [2.45, 2.75) is 13.8 Å². The summed E-state index contributed by atoms with van der Waals surface area (Å²) >= 11 is 0. The van der Waals surface area contributed by atoms with Crippen LogP contribution in [0.5, 0.6) is 0 Å². The van der Waals surface area contributed by atoms with Gasteiger partial charge in [0, 0.05) is 5.69 Å². The van der Waals surface area contributed by atoms with Crippen molar-refractivity contribution < 1.29 is 4.79 Å². The summed E-state index contributed by atoms with van der Waals surface area (Å²) in [6, 6.07) is 9.12. The van der Waals surface area contributed by atoms with E-state index < -0.39 is 0 Å². The molecule has 2 aromatic heterocycles. The number of carbonyl (C=O) groups excluding carboxylic acids is 1. The lowest BCUT2D eigenvalue weighted by molar-refractivity contribution is 0.102. The van der Waals surface area contributed by atoms with E-state index in [0.29, 0.717) is 5.82 Å². The van der Waals surface area contributed by atoms with Crippen LogP contribution in [-0.2, 0) is 0 Å². The Labute approximate surface area is 127 Å². The van der Waals surface area contributed by atoms with Crippen LogP contribution in [0.4, 0.5) is 5.69 Å². The number of rotatable bonds is 3. The maximum absolute atomic E-state index is 12.2. The van der Waals surface area contributed by atoms with E-state index in [2.05, 4.69) is 25.6 Å². The van der Waals surface area contributed by atoms with Gasteiger partial charge in [0.05, 0.1) is 0 Å². The molecule has 0 radical (unpaired) electrons. The highest BCUT2D eigenvalue weighted by molar-refractivity contribution is 6.02. The second-order valence-corrected chi connectivity index (χ2v) is 4.95. The van der Waals surface area contributed by atoms with Gasteiger partial charge >= 0.3 is 0 Å². The Morgan fingerprint density at radius 3 is 2.45 bits per heavy atom. The fourth-order valence-electron chi connectivity index (χ4n) is 2.14. The van der Waals surface area contributed by atoms with Crippen LogP contribution < -0.4 is 5.32 Å². The Hall–Kier alpha value is -3.09. The predicted octanol–water partition coefficient (Wildman–Crippen LogP) is 1.93. The molecule has 110 valence electrons. The highest BCUT2D eigenvalue weighted by Crippen LogP contribution is 2.14. The lowest BCUT2D eigenvalue weighted by Crippen LogP contribution is -2.15. The van der Waals surface area contributed by atoms with E-state index in [1.54, 1.807) is 12.1 Å². The molecule has 1 aromatic carbocycles. The molecule has 7 heteroatoms. The smallest absolute Gasteiger partial charge is 0.276 e. The van der Waals surface area contributed by atoms with Crippen LogP contribution in [0, 0.1) is 13.8 Å². The number of benzene rings is 1. The number of amides is 1. The topological polar surface area (TPSA) is 85.6 Å². The average Bonchev–Trinajstić information content (AvgIpc) is 3.00. The lowest BCUT2D eigenvalue weighted by Gasteiger charge is -2.07. The number of nitrogens with zero attached hydrogens (tertiary/aromatic N) is 5. The fourth-order valence-corrected chi connectivity index (χ4v) is 2.14. The molecule has 0 aliphatic rings. The molecule has 1 amide bonds. The molecule has 3 rings (SSSR count). The van der Waals surface area contributed by atoms with Gasteiger partial charge in [-0.15, -0.1) is 10.2 Å². The minimum Gasteiger partial charge on any atom is -0.321 e. The number of nitrogens with one attached hydrogen (secondary N) is 1. The van der Waals surface area contributed by atoms with Gasteiger partial charge in [-0.05, 0) is 49.2 Å². The summed E-state index contributed by atoms with van der Waals surface area (Å²) in [4.78, 5) is 16.0. The summed E-state index contributed by atoms with van der Waals surface area (Å²) in [6.07, 6.45) is 2.92. The Kier molecular flexibility index (Phi) is 3.61. The number of aromatic nitrogens is 5. The van der Waals surface area contributed by atoms with Crippen LogP contribution in [0.1, 0.15) is 21.6 Å². The second kappa shape index (κ2) is 5.72. The van der Waals surface area contributed by atoms with E-state index in [4.69, 9.17) is 0 Å². The van der Waals surface area contributed by atoms with Gasteiger partial charge in [-0.25, -0.2) is 9.67 Å². The summed E-state index contributed by atoms with van der Waals surface area (Å²) in [7, 11) is 0. The molecule has 3 aromatic rings. The number of hydrogen-bond donors (Lipinski definition) is 1. The molecule has 0 unspecified atom stereocenters. The molecule has 0 saturated carbocycles. The number of carbonyl (C=O) groups is 1. The van der Waals surface area contributed by atoms with Gasteiger partial charge in [-0.3, -0.25) is 4.79 Å². The first-order chi connectivity index (χ1) is 10.6. The van der Waals surface area contributed by atoms with E-state index in [0.717, 1.165) is 16.8 Å². The maximum atomic E-state index is 12.2. The molecular formula is C15H14N6O. The largest absolute Gasteiger partial charge is 0.321 e. The molecule has 7 nitrogen and oxygen atoms in total. The van der Waals surface area contributed by atoms with Crippen LogP contribution in [0.3, 0.4) is 0 Å². The third-order valence-electron chi connectivity index (χ3n) is 3.02. The van der Waals surface area contributed by atoms with E-state index in [9.17, 15) is 4.79 Å². The second-order valence-electron chi connectivity index (χ2n) is 4.95. The molecular weight excluding hydrogens is 280 g/mol. The maximum Gasteiger partial charge on any atom is 0.276 e. The summed E-state index contributed by atoms with van der Waals surface area (Å²) in [6.45, 7) is 3.96. The minimum absolute atomic E-state index is 0.239. The van der Waals surface area contributed by atoms with Crippen molar-refractivity contribution in [3.05, 3.63) is 59.8 Å². The third-order valence-corrected chi connectivity index (χ3v) is 3.02. The summed E-state index contributed by atoms with van der Waals surface area (Å²) in [5.41, 5.74) is 3.15. The van der Waals surface area contributed by atoms with Gasteiger partial charge in [0.1, 0.15) is 12.7 Å². The first-order valence-corrected chi connectivity index (χ1v) is 6.70. The van der Waals surface area contributed by atoms with Gasteiger partial charge in [0.15, 0.2) is 11.5 Å². The van der Waals surface area contributed by atoms with Gasteiger partial charge in [-0.1, -0.05) is 6.07 Å². The van der Waals surface area contributed by atoms with E-state index in [1.807, 2.05) is 32.0 Å². The van der Waals surface area contributed by atoms with Crippen molar-refractivity contribution in [2.24, 2.45) is 0 Å². The molecule has 0 aliphatic carbocycles. The van der Waals surface area contributed by atoms with Gasteiger partial charge < -0.3 is 5.32 Å². The first kappa shape index (κ1) is 13.9. The Morgan fingerprint density at radius 2 is 1.86 bits per heavy atom. The van der Waals surface area contributed by atoms with Crippen molar-refractivity contribution >= 4 is 11.6 Å². The third kappa shape index (κ3) is 2.98. The molecule has 0 saturated heterocycles. The van der Waals surface area contributed by atoms with Crippen LogP contribution in [0.2, 0.25) is 0 Å². The molecule has 0 bridgehead atoms. The first-order valence-electron chi connectivity index (χ1n) is 6.70. The zero-order chi connectivity index (χ0) is 15.5. The zero-order valence-corrected chi connectivity index (χ0v) is 12.2. The fraction of sp³-hybridized carbons (Fsp3) is 0.133. The average molecular weight is 294 g/mol. The zero-order valence-electron chi connectivity index (χ0n) is 12.2. The van der Waals surface area contributed by atoms with Crippen molar-refractivity contribution in [2.75, 3.05) is 5.32 Å². The van der Waals surface area contributed by atoms with E-state index >= 15 is 0 Å². The van der Waals surface area contributed by atoms with Gasteiger partial charge in [-0.2, -0.15) is 5.10 Å². The van der Waals surface area contributed by atoms with E-state index in [1.165, 1.54) is 17.3 Å². The molecule has 0 fully saturated rings. The Bertz CT molecular complexity index is 775. The molecule has 2 heterocycles. The molecule has 0 aliphatic heterocycles. The number of anilines is 1. The Morgan fingerprint density at radius 1 is 1.09 bits per heavy atom. The van der Waals surface area contributed by atoms with Gasteiger partial charge in [0.25, 0.3) is 5.91 Å². The number of aryl methyl sites for hydroxylation is 2. The molecule has 0 spiro atoms. The van der Waals surface area contributed by atoms with Crippen LogP contribution in [0.25, 0.3) is 5.82 Å². The van der Waals surface area contributed by atoms with Gasteiger partial charge in [0.2, 0.25) is 0 Å². The van der Waals surface area contributed by atoms with Crippen LogP contribution >= 0.6 is 0 Å². The lowest BCUT2D eigenvalue weighted by atomic mass is 10.1. The normalized spacial score (nSPS) is 10.5. The molecule has 1 N–H and O–H groups in total. The highest BCUT2D eigenvalue weighted by atomic mass is 16.1. The van der Waals surface area contributed by atoms with Crippen molar-refractivity contribution in [1.82, 2.24) is 25.0 Å². The standard InChI is InChI=1S/C15H14N6O/c1-10-5-11(2)7-12(6-10)18-15(22)13-3-4-14(20-19-13)21-9-16-8-17-21/h3-9H,1-2H3,(H,18,22). The quantitative estimate of drug-likeness (QED) is 0.797.